The molecule has 1 aliphatic carbocycles. The number of carbonyl (C=O) groups excluding carboxylic acids is 1. The summed E-state index contributed by atoms with van der Waals surface area (Å²) in [6, 6.07) is 6.46. The predicted molar refractivity (Wildman–Crippen MR) is 107 cm³/mol. The van der Waals surface area contributed by atoms with Crippen molar-refractivity contribution in [2.45, 2.75) is 49.7 Å². The molecule has 0 saturated heterocycles. The first-order valence-electron chi connectivity index (χ1n) is 9.16. The minimum Gasteiger partial charge on any atom is -0.387 e. The molecule has 4 nitrogen and oxygen atoms in total. The van der Waals surface area contributed by atoms with Gasteiger partial charge in [-0.05, 0) is 49.4 Å². The van der Waals surface area contributed by atoms with Crippen LogP contribution in [-0.2, 0) is 6.18 Å². The number of amides is 1. The molecule has 162 valence electrons. The van der Waals surface area contributed by atoms with Gasteiger partial charge in [0, 0.05) is 10.7 Å². The van der Waals surface area contributed by atoms with E-state index in [0.717, 1.165) is 6.20 Å². The number of benzene rings is 1. The van der Waals surface area contributed by atoms with Crippen LogP contribution in [-0.4, -0.2) is 27.8 Å². The standard InChI is InChI=1S/C20H18BrClF4N2O2/c21-12-3-1-2-11(10-12)17(19(30)7-4-13(23)5-8-19)28-18(29)16-15(22)14(6-9-27-16)20(24,25)26/h1-3,6,9-10,13,17,30H,4-5,7-8H2,(H,28,29). The maximum absolute atomic E-state index is 13.7. The molecule has 1 aromatic carbocycles. The molecule has 0 radical (unpaired) electrons. The second-order valence-corrected chi connectivity index (χ2v) is 8.55. The Labute approximate surface area is 183 Å². The van der Waals surface area contributed by atoms with Gasteiger partial charge in [-0.3, -0.25) is 4.79 Å². The average Bonchev–Trinajstić information content (AvgIpc) is 2.67. The van der Waals surface area contributed by atoms with E-state index in [-0.39, 0.29) is 25.7 Å². The summed E-state index contributed by atoms with van der Waals surface area (Å²) in [6.45, 7) is 0. The zero-order valence-corrected chi connectivity index (χ0v) is 17.9. The summed E-state index contributed by atoms with van der Waals surface area (Å²) in [5.74, 6) is -0.966. The molecule has 1 unspecified atom stereocenters. The molecule has 1 fully saturated rings. The van der Waals surface area contributed by atoms with Crippen LogP contribution in [0.3, 0.4) is 0 Å². The highest BCUT2D eigenvalue weighted by atomic mass is 79.9. The lowest BCUT2D eigenvalue weighted by Gasteiger charge is -2.40. The zero-order valence-electron chi connectivity index (χ0n) is 15.5. The number of halogens is 6. The molecule has 1 aromatic heterocycles. The monoisotopic (exact) mass is 508 g/mol. The van der Waals surface area contributed by atoms with E-state index in [4.69, 9.17) is 11.6 Å². The van der Waals surface area contributed by atoms with Gasteiger partial charge in [-0.2, -0.15) is 13.2 Å². The summed E-state index contributed by atoms with van der Waals surface area (Å²) >= 11 is 9.14. The van der Waals surface area contributed by atoms with E-state index >= 15 is 0 Å². The highest BCUT2D eigenvalue weighted by Crippen LogP contribution is 2.41. The molecular formula is C20H18BrClF4N2O2. The van der Waals surface area contributed by atoms with E-state index < -0.39 is 46.2 Å². The van der Waals surface area contributed by atoms with Crippen molar-refractivity contribution in [2.75, 3.05) is 0 Å². The molecule has 3 rings (SSSR count). The summed E-state index contributed by atoms with van der Waals surface area (Å²) in [5.41, 5.74) is -2.75. The van der Waals surface area contributed by atoms with Gasteiger partial charge < -0.3 is 10.4 Å². The van der Waals surface area contributed by atoms with Gasteiger partial charge in [-0.15, -0.1) is 0 Å². The third-order valence-corrected chi connectivity index (χ3v) is 6.06. The Bertz CT molecular complexity index is 933. The number of nitrogens with zero attached hydrogens (tertiary/aromatic N) is 1. The lowest BCUT2D eigenvalue weighted by molar-refractivity contribution is -0.137. The van der Waals surface area contributed by atoms with Gasteiger partial charge in [0.25, 0.3) is 5.91 Å². The molecule has 1 heterocycles. The lowest BCUT2D eigenvalue weighted by Crippen LogP contribution is -2.48. The fourth-order valence-electron chi connectivity index (χ4n) is 3.61. The minimum absolute atomic E-state index is 0.0787. The van der Waals surface area contributed by atoms with Crippen LogP contribution in [0.2, 0.25) is 5.02 Å². The largest absolute Gasteiger partial charge is 0.417 e. The SMILES string of the molecule is O=C(NC(c1cccc(Br)c1)C1(O)CCC(F)CC1)c1nccc(C(F)(F)F)c1Cl. The Morgan fingerprint density at radius 1 is 1.30 bits per heavy atom. The summed E-state index contributed by atoms with van der Waals surface area (Å²) in [6.07, 6.45) is -4.58. The highest BCUT2D eigenvalue weighted by Gasteiger charge is 2.43. The van der Waals surface area contributed by atoms with Gasteiger partial charge >= 0.3 is 6.18 Å². The minimum atomic E-state index is -4.75. The van der Waals surface area contributed by atoms with Crippen molar-refractivity contribution in [2.24, 2.45) is 0 Å². The van der Waals surface area contributed by atoms with Crippen molar-refractivity contribution in [1.29, 1.82) is 0 Å². The number of hydrogen-bond donors (Lipinski definition) is 2. The van der Waals surface area contributed by atoms with Gasteiger partial charge in [0.05, 0.1) is 22.2 Å². The number of aliphatic hydroxyl groups is 1. The zero-order chi connectivity index (χ0) is 22.1. The van der Waals surface area contributed by atoms with Crippen molar-refractivity contribution in [3.63, 3.8) is 0 Å². The number of aromatic nitrogens is 1. The molecule has 1 amide bonds. The molecule has 0 aliphatic heterocycles. The topological polar surface area (TPSA) is 62.2 Å². The Kier molecular flexibility index (Phi) is 6.74. The van der Waals surface area contributed by atoms with Crippen molar-refractivity contribution < 1.29 is 27.5 Å². The maximum Gasteiger partial charge on any atom is 0.417 e. The van der Waals surface area contributed by atoms with Gasteiger partial charge in [-0.1, -0.05) is 39.7 Å². The van der Waals surface area contributed by atoms with Gasteiger partial charge in [0.1, 0.15) is 11.9 Å². The fraction of sp³-hybridized carbons (Fsp3) is 0.400. The number of nitrogens with one attached hydrogen (secondary N) is 1. The van der Waals surface area contributed by atoms with Crippen LogP contribution in [0.1, 0.15) is 53.3 Å². The second-order valence-electron chi connectivity index (χ2n) is 7.26. The summed E-state index contributed by atoms with van der Waals surface area (Å²) < 4.78 is 53.7. The highest BCUT2D eigenvalue weighted by molar-refractivity contribution is 9.10. The molecule has 0 spiro atoms. The molecule has 2 aromatic rings. The molecule has 30 heavy (non-hydrogen) atoms. The van der Waals surface area contributed by atoms with Crippen LogP contribution < -0.4 is 5.32 Å². The summed E-state index contributed by atoms with van der Waals surface area (Å²) in [7, 11) is 0. The number of rotatable bonds is 4. The van der Waals surface area contributed by atoms with Crippen LogP contribution in [0.5, 0.6) is 0 Å². The average molecular weight is 510 g/mol. The molecule has 1 saturated carbocycles. The van der Waals surface area contributed by atoms with E-state index in [1.54, 1.807) is 24.3 Å². The number of hydrogen-bond acceptors (Lipinski definition) is 3. The Morgan fingerprint density at radius 2 is 1.97 bits per heavy atom. The van der Waals surface area contributed by atoms with E-state index in [9.17, 15) is 27.5 Å². The van der Waals surface area contributed by atoms with Crippen molar-refractivity contribution >= 4 is 33.4 Å². The van der Waals surface area contributed by atoms with Gasteiger partial charge in [-0.25, -0.2) is 9.37 Å². The van der Waals surface area contributed by atoms with Crippen LogP contribution in [0.4, 0.5) is 17.6 Å². The van der Waals surface area contributed by atoms with E-state index in [2.05, 4.69) is 26.2 Å². The van der Waals surface area contributed by atoms with Crippen molar-refractivity contribution in [3.05, 3.63) is 62.8 Å². The normalized spacial score (nSPS) is 23.1. The quantitative estimate of drug-likeness (QED) is 0.525. The summed E-state index contributed by atoms with van der Waals surface area (Å²) in [4.78, 5) is 16.5. The van der Waals surface area contributed by atoms with Gasteiger partial charge in [0.15, 0.2) is 0 Å². The first-order chi connectivity index (χ1) is 14.0. The third-order valence-electron chi connectivity index (χ3n) is 5.19. The Balaban J connectivity index is 1.97. The van der Waals surface area contributed by atoms with E-state index in [1.807, 2.05) is 0 Å². The molecule has 1 aliphatic rings. The number of alkyl halides is 4. The van der Waals surface area contributed by atoms with Crippen molar-refractivity contribution in [3.8, 4) is 0 Å². The molecule has 0 bridgehead atoms. The first-order valence-corrected chi connectivity index (χ1v) is 10.3. The van der Waals surface area contributed by atoms with Crippen LogP contribution in [0.25, 0.3) is 0 Å². The Hall–Kier alpha value is -1.71. The van der Waals surface area contributed by atoms with Crippen molar-refractivity contribution in [1.82, 2.24) is 10.3 Å². The Morgan fingerprint density at radius 3 is 2.57 bits per heavy atom. The second kappa shape index (κ2) is 8.80. The first kappa shape index (κ1) is 23.0. The number of carbonyl (C=O) groups is 1. The molecule has 2 N–H and O–H groups in total. The number of pyridine rings is 1. The van der Waals surface area contributed by atoms with E-state index in [1.165, 1.54) is 0 Å². The predicted octanol–water partition coefficient (Wildman–Crippen LogP) is 5.63. The molecular weight excluding hydrogens is 492 g/mol. The third kappa shape index (κ3) is 4.95. The smallest absolute Gasteiger partial charge is 0.387 e. The molecule has 10 heteroatoms. The lowest BCUT2D eigenvalue weighted by atomic mass is 9.76. The fourth-order valence-corrected chi connectivity index (χ4v) is 4.33. The van der Waals surface area contributed by atoms with Crippen LogP contribution >= 0.6 is 27.5 Å². The van der Waals surface area contributed by atoms with E-state index in [0.29, 0.717) is 16.1 Å². The summed E-state index contributed by atoms with van der Waals surface area (Å²) in [5, 5.41) is 13.0. The molecule has 1 atom stereocenters. The van der Waals surface area contributed by atoms with Crippen LogP contribution in [0.15, 0.2) is 41.0 Å². The van der Waals surface area contributed by atoms with Gasteiger partial charge in [0.2, 0.25) is 0 Å². The maximum atomic E-state index is 13.7. The van der Waals surface area contributed by atoms with Crippen LogP contribution in [0, 0.1) is 0 Å².